The van der Waals surface area contributed by atoms with Crippen LogP contribution in [0.25, 0.3) is 0 Å². The van der Waals surface area contributed by atoms with Gasteiger partial charge in [-0.05, 0) is 82.8 Å². The average molecular weight is 421 g/mol. The van der Waals surface area contributed by atoms with E-state index in [1.54, 1.807) is 6.20 Å². The highest BCUT2D eigenvalue weighted by Crippen LogP contribution is 2.36. The van der Waals surface area contributed by atoms with Crippen molar-refractivity contribution in [3.05, 3.63) is 47.7 Å². The van der Waals surface area contributed by atoms with Crippen molar-refractivity contribution < 1.29 is 14.1 Å². The maximum absolute atomic E-state index is 12.7. The Kier molecular flexibility index (Phi) is 5.84. The van der Waals surface area contributed by atoms with E-state index in [2.05, 4.69) is 15.2 Å². The third-order valence-corrected chi connectivity index (χ3v) is 6.67. The van der Waals surface area contributed by atoms with Gasteiger partial charge in [0.1, 0.15) is 5.82 Å². The Morgan fingerprint density at radius 1 is 1.10 bits per heavy atom. The van der Waals surface area contributed by atoms with Gasteiger partial charge < -0.3 is 19.5 Å². The lowest BCUT2D eigenvalue weighted by Gasteiger charge is -2.32. The van der Waals surface area contributed by atoms with Crippen molar-refractivity contribution in [2.75, 3.05) is 23.3 Å². The van der Waals surface area contributed by atoms with Gasteiger partial charge in [0.2, 0.25) is 5.91 Å². The molecular formula is C24H32BN3O3. The number of hydrogen-bond donors (Lipinski definition) is 1. The zero-order valence-corrected chi connectivity index (χ0v) is 19.2. The Hall–Kier alpha value is -2.38. The van der Waals surface area contributed by atoms with E-state index < -0.39 is 18.3 Å². The van der Waals surface area contributed by atoms with Crippen LogP contribution in [0, 0.1) is 6.92 Å². The van der Waals surface area contributed by atoms with E-state index in [1.807, 2.05) is 65.0 Å². The summed E-state index contributed by atoms with van der Waals surface area (Å²) in [5.41, 5.74) is 2.91. The first-order chi connectivity index (χ1) is 14.6. The smallest absolute Gasteiger partial charge is 0.399 e. The monoisotopic (exact) mass is 421 g/mol. The van der Waals surface area contributed by atoms with Gasteiger partial charge in [-0.2, -0.15) is 0 Å². The van der Waals surface area contributed by atoms with E-state index in [1.165, 1.54) is 12.8 Å². The predicted molar refractivity (Wildman–Crippen MR) is 125 cm³/mol. The number of carbonyl (C=O) groups is 1. The Labute approximate surface area is 185 Å². The number of carbonyl (C=O) groups excluding carboxylic acids is 1. The molecule has 0 unspecified atom stereocenters. The van der Waals surface area contributed by atoms with Crippen molar-refractivity contribution >= 4 is 30.0 Å². The van der Waals surface area contributed by atoms with Gasteiger partial charge in [-0.1, -0.05) is 11.6 Å². The van der Waals surface area contributed by atoms with E-state index in [0.29, 0.717) is 6.42 Å². The molecule has 0 atom stereocenters. The highest BCUT2D eigenvalue weighted by molar-refractivity contribution is 6.62. The summed E-state index contributed by atoms with van der Waals surface area (Å²) < 4.78 is 12.4. The zero-order valence-electron chi connectivity index (χ0n) is 19.2. The first-order valence-corrected chi connectivity index (χ1v) is 11.1. The van der Waals surface area contributed by atoms with Crippen LogP contribution in [0.1, 0.15) is 51.7 Å². The fourth-order valence-corrected chi connectivity index (χ4v) is 4.02. The standard InChI is InChI=1S/C24H32BN3O3/c1-17-8-9-19(16-20(17)25-30-23(2,3)24(4,5)31-25)27-22(29)15-18-10-11-26-21(14-18)28-12-6-7-13-28/h8-11,14,16H,6-7,12-13,15H2,1-5H3,(H,27,29). The second kappa shape index (κ2) is 8.28. The van der Waals surface area contributed by atoms with Gasteiger partial charge >= 0.3 is 7.12 Å². The van der Waals surface area contributed by atoms with Crippen LogP contribution in [0.5, 0.6) is 0 Å². The summed E-state index contributed by atoms with van der Waals surface area (Å²) in [6.07, 6.45) is 4.50. The van der Waals surface area contributed by atoms with Crippen LogP contribution >= 0.6 is 0 Å². The van der Waals surface area contributed by atoms with Crippen LogP contribution in [0.4, 0.5) is 11.5 Å². The Morgan fingerprint density at radius 2 is 1.77 bits per heavy atom. The topological polar surface area (TPSA) is 63.7 Å². The number of benzene rings is 1. The number of rotatable bonds is 5. The molecule has 1 N–H and O–H groups in total. The largest absolute Gasteiger partial charge is 0.495 e. The van der Waals surface area contributed by atoms with Crippen LogP contribution in [-0.2, 0) is 20.5 Å². The fourth-order valence-electron chi connectivity index (χ4n) is 4.02. The second-order valence-electron chi connectivity index (χ2n) is 9.60. The van der Waals surface area contributed by atoms with Gasteiger partial charge in [0.15, 0.2) is 0 Å². The number of aryl methyl sites for hydroxylation is 1. The average Bonchev–Trinajstić information content (AvgIpc) is 3.30. The van der Waals surface area contributed by atoms with Crippen molar-refractivity contribution in [2.24, 2.45) is 0 Å². The van der Waals surface area contributed by atoms with E-state index in [0.717, 1.165) is 41.2 Å². The van der Waals surface area contributed by atoms with E-state index in [4.69, 9.17) is 9.31 Å². The summed E-state index contributed by atoms with van der Waals surface area (Å²) in [6, 6.07) is 9.80. The summed E-state index contributed by atoms with van der Waals surface area (Å²) in [7, 11) is -0.454. The summed E-state index contributed by atoms with van der Waals surface area (Å²) in [6.45, 7) is 12.3. The molecule has 3 heterocycles. The normalized spacial score (nSPS) is 19.6. The quantitative estimate of drug-likeness (QED) is 0.750. The number of amides is 1. The first-order valence-electron chi connectivity index (χ1n) is 11.1. The molecule has 2 saturated heterocycles. The molecule has 0 spiro atoms. The van der Waals surface area contributed by atoms with Crippen molar-refractivity contribution in [1.29, 1.82) is 0 Å². The molecule has 7 heteroatoms. The molecule has 0 radical (unpaired) electrons. The van der Waals surface area contributed by atoms with Crippen molar-refractivity contribution in [1.82, 2.24) is 4.98 Å². The van der Waals surface area contributed by atoms with E-state index >= 15 is 0 Å². The van der Waals surface area contributed by atoms with Gasteiger partial charge in [0, 0.05) is 25.0 Å². The summed E-state index contributed by atoms with van der Waals surface area (Å²) in [5.74, 6) is 0.906. The molecule has 6 nitrogen and oxygen atoms in total. The Balaban J connectivity index is 1.45. The summed E-state index contributed by atoms with van der Waals surface area (Å²) in [4.78, 5) is 19.5. The lowest BCUT2D eigenvalue weighted by atomic mass is 9.76. The number of hydrogen-bond acceptors (Lipinski definition) is 5. The number of anilines is 2. The zero-order chi connectivity index (χ0) is 22.2. The Bertz CT molecular complexity index is 954. The predicted octanol–water partition coefficient (Wildman–Crippen LogP) is 3.47. The molecule has 0 aliphatic carbocycles. The van der Waals surface area contributed by atoms with Crippen LogP contribution in [0.2, 0.25) is 0 Å². The molecule has 164 valence electrons. The number of pyridine rings is 1. The maximum Gasteiger partial charge on any atom is 0.495 e. The lowest BCUT2D eigenvalue weighted by molar-refractivity contribution is -0.115. The maximum atomic E-state index is 12.7. The minimum Gasteiger partial charge on any atom is -0.399 e. The highest BCUT2D eigenvalue weighted by atomic mass is 16.7. The van der Waals surface area contributed by atoms with Gasteiger partial charge in [-0.25, -0.2) is 4.98 Å². The molecule has 0 bridgehead atoms. The van der Waals surface area contributed by atoms with Gasteiger partial charge in [-0.15, -0.1) is 0 Å². The SMILES string of the molecule is Cc1ccc(NC(=O)Cc2ccnc(N3CCCC3)c2)cc1B1OC(C)(C)C(C)(C)O1. The molecule has 4 rings (SSSR count). The lowest BCUT2D eigenvalue weighted by Crippen LogP contribution is -2.41. The van der Waals surface area contributed by atoms with Gasteiger partial charge in [-0.3, -0.25) is 4.79 Å². The third-order valence-electron chi connectivity index (χ3n) is 6.67. The molecular weight excluding hydrogens is 389 g/mol. The molecule has 2 aliphatic heterocycles. The highest BCUT2D eigenvalue weighted by Gasteiger charge is 2.52. The Morgan fingerprint density at radius 3 is 2.45 bits per heavy atom. The minimum atomic E-state index is -0.454. The van der Waals surface area contributed by atoms with Crippen molar-refractivity contribution in [3.63, 3.8) is 0 Å². The number of nitrogens with zero attached hydrogens (tertiary/aromatic N) is 2. The molecule has 0 saturated carbocycles. The number of nitrogens with one attached hydrogen (secondary N) is 1. The molecule has 31 heavy (non-hydrogen) atoms. The van der Waals surface area contributed by atoms with Gasteiger partial charge in [0.05, 0.1) is 17.6 Å². The molecule has 1 aromatic carbocycles. The summed E-state index contributed by atoms with van der Waals surface area (Å²) in [5, 5.41) is 3.03. The van der Waals surface area contributed by atoms with Crippen molar-refractivity contribution in [3.8, 4) is 0 Å². The molecule has 2 aromatic rings. The van der Waals surface area contributed by atoms with Crippen molar-refractivity contribution in [2.45, 2.75) is 65.1 Å². The minimum absolute atomic E-state index is 0.0534. The summed E-state index contributed by atoms with van der Waals surface area (Å²) >= 11 is 0. The molecule has 2 aliphatic rings. The van der Waals surface area contributed by atoms with Crippen LogP contribution < -0.4 is 15.7 Å². The van der Waals surface area contributed by atoms with E-state index in [9.17, 15) is 4.79 Å². The van der Waals surface area contributed by atoms with E-state index in [-0.39, 0.29) is 5.91 Å². The van der Waals surface area contributed by atoms with Crippen LogP contribution in [0.3, 0.4) is 0 Å². The molecule has 1 amide bonds. The molecule has 2 fully saturated rings. The van der Waals surface area contributed by atoms with Crippen LogP contribution in [-0.4, -0.2) is 42.3 Å². The second-order valence-corrected chi connectivity index (χ2v) is 9.60. The first kappa shape index (κ1) is 21.8. The van der Waals surface area contributed by atoms with Crippen LogP contribution in [0.15, 0.2) is 36.5 Å². The fraction of sp³-hybridized carbons (Fsp3) is 0.500. The third kappa shape index (κ3) is 4.63. The van der Waals surface area contributed by atoms with Gasteiger partial charge in [0.25, 0.3) is 0 Å². The molecule has 1 aromatic heterocycles. The number of aromatic nitrogens is 1.